The van der Waals surface area contributed by atoms with Crippen molar-refractivity contribution in [2.45, 2.75) is 19.3 Å². The first-order valence-electron chi connectivity index (χ1n) is 6.09. The van der Waals surface area contributed by atoms with Crippen LogP contribution in [0.2, 0.25) is 0 Å². The minimum Gasteiger partial charge on any atom is -0.508 e. The van der Waals surface area contributed by atoms with Gasteiger partial charge < -0.3 is 14.4 Å². The molecular formula is C13H14F2N2O3. The lowest BCUT2D eigenvalue weighted by molar-refractivity contribution is 0.0182. The molecule has 0 aliphatic rings. The summed E-state index contributed by atoms with van der Waals surface area (Å²) in [5.41, 5.74) is 0.923. The van der Waals surface area contributed by atoms with Crippen molar-refractivity contribution in [3.05, 3.63) is 41.5 Å². The number of aromatic nitrogens is 2. The Balaban J connectivity index is 1.81. The average molecular weight is 284 g/mol. The van der Waals surface area contributed by atoms with Crippen molar-refractivity contribution in [3.8, 4) is 5.75 Å². The molecule has 0 aliphatic carbocycles. The molecule has 7 heteroatoms. The fraction of sp³-hybridized carbons (Fsp3) is 0.385. The third-order valence-electron chi connectivity index (χ3n) is 2.52. The minimum atomic E-state index is -2.47. The highest BCUT2D eigenvalue weighted by Crippen LogP contribution is 2.13. The van der Waals surface area contributed by atoms with Gasteiger partial charge in [0.2, 0.25) is 5.89 Å². The first kappa shape index (κ1) is 14.4. The minimum absolute atomic E-state index is 0.128. The normalized spacial score (nSPS) is 11.2. The monoisotopic (exact) mass is 284 g/mol. The van der Waals surface area contributed by atoms with Crippen LogP contribution in [-0.4, -0.2) is 34.9 Å². The maximum Gasteiger partial charge on any atom is 0.261 e. The number of rotatable bonds is 7. The van der Waals surface area contributed by atoms with Crippen LogP contribution in [0.4, 0.5) is 8.78 Å². The van der Waals surface area contributed by atoms with Crippen LogP contribution in [0.15, 0.2) is 28.8 Å². The lowest BCUT2D eigenvalue weighted by atomic mass is 10.1. The van der Waals surface area contributed by atoms with E-state index in [4.69, 9.17) is 14.4 Å². The van der Waals surface area contributed by atoms with Gasteiger partial charge in [-0.3, -0.25) is 0 Å². The van der Waals surface area contributed by atoms with E-state index in [1.54, 1.807) is 24.3 Å². The van der Waals surface area contributed by atoms with Gasteiger partial charge in [0, 0.05) is 6.42 Å². The van der Waals surface area contributed by atoms with Gasteiger partial charge in [-0.1, -0.05) is 17.3 Å². The second kappa shape index (κ2) is 6.95. The first-order chi connectivity index (χ1) is 9.63. The SMILES string of the molecule is Oc1ccc(Cc2nc(CCOCC(F)F)no2)cc1. The molecule has 0 bridgehead atoms. The number of halogens is 2. The zero-order valence-corrected chi connectivity index (χ0v) is 10.6. The van der Waals surface area contributed by atoms with E-state index in [9.17, 15) is 8.78 Å². The molecule has 0 saturated heterocycles. The van der Waals surface area contributed by atoms with E-state index >= 15 is 0 Å². The molecule has 0 fully saturated rings. The van der Waals surface area contributed by atoms with Gasteiger partial charge in [0.25, 0.3) is 6.43 Å². The van der Waals surface area contributed by atoms with Crippen molar-refractivity contribution in [2.75, 3.05) is 13.2 Å². The molecule has 1 N–H and O–H groups in total. The zero-order chi connectivity index (χ0) is 14.4. The number of alkyl halides is 2. The summed E-state index contributed by atoms with van der Waals surface area (Å²) in [4.78, 5) is 4.14. The van der Waals surface area contributed by atoms with Gasteiger partial charge in [0.05, 0.1) is 13.0 Å². The lowest BCUT2D eigenvalue weighted by Gasteiger charge is -1.99. The Bertz CT molecular complexity index is 529. The van der Waals surface area contributed by atoms with Crippen LogP contribution in [0, 0.1) is 0 Å². The first-order valence-corrected chi connectivity index (χ1v) is 6.09. The number of phenols is 1. The number of aromatic hydroxyl groups is 1. The van der Waals surface area contributed by atoms with Crippen LogP contribution in [-0.2, 0) is 17.6 Å². The van der Waals surface area contributed by atoms with Gasteiger partial charge in [0.15, 0.2) is 5.82 Å². The van der Waals surface area contributed by atoms with E-state index in [1.807, 2.05) is 0 Å². The average Bonchev–Trinajstić information content (AvgIpc) is 2.85. The van der Waals surface area contributed by atoms with Crippen LogP contribution >= 0.6 is 0 Å². The van der Waals surface area contributed by atoms with E-state index in [2.05, 4.69) is 10.1 Å². The van der Waals surface area contributed by atoms with Crippen molar-refractivity contribution in [1.82, 2.24) is 10.1 Å². The number of nitrogens with zero attached hydrogens (tertiary/aromatic N) is 2. The number of phenolic OH excluding ortho intramolecular Hbond substituents is 1. The molecule has 5 nitrogen and oxygen atoms in total. The second-order valence-corrected chi connectivity index (χ2v) is 4.16. The van der Waals surface area contributed by atoms with Gasteiger partial charge in [-0.25, -0.2) is 8.78 Å². The zero-order valence-electron chi connectivity index (χ0n) is 10.6. The molecule has 1 aromatic heterocycles. The molecule has 108 valence electrons. The molecule has 2 aromatic rings. The molecule has 2 rings (SSSR count). The maximum atomic E-state index is 11.8. The van der Waals surface area contributed by atoms with E-state index in [-0.39, 0.29) is 12.4 Å². The Labute approximate surface area is 114 Å². The number of hydrogen-bond donors (Lipinski definition) is 1. The lowest BCUT2D eigenvalue weighted by Crippen LogP contribution is -2.07. The summed E-state index contributed by atoms with van der Waals surface area (Å²) in [5, 5.41) is 12.9. The summed E-state index contributed by atoms with van der Waals surface area (Å²) in [7, 11) is 0. The molecule has 1 heterocycles. The molecule has 20 heavy (non-hydrogen) atoms. The molecular weight excluding hydrogens is 270 g/mol. The predicted octanol–water partition coefficient (Wildman–Crippen LogP) is 2.19. The summed E-state index contributed by atoms with van der Waals surface area (Å²) in [6.07, 6.45) is -1.69. The molecule has 0 saturated carbocycles. The van der Waals surface area contributed by atoms with Crippen molar-refractivity contribution >= 4 is 0 Å². The Morgan fingerprint density at radius 2 is 2.00 bits per heavy atom. The summed E-state index contributed by atoms with van der Waals surface area (Å²) >= 11 is 0. The van der Waals surface area contributed by atoms with Gasteiger partial charge >= 0.3 is 0 Å². The van der Waals surface area contributed by atoms with Gasteiger partial charge in [0.1, 0.15) is 12.4 Å². The molecule has 0 unspecified atom stereocenters. The highest BCUT2D eigenvalue weighted by atomic mass is 19.3. The van der Waals surface area contributed by atoms with Crippen molar-refractivity contribution < 1.29 is 23.1 Å². The summed E-state index contributed by atoms with van der Waals surface area (Å²) in [5.74, 6) is 1.05. The van der Waals surface area contributed by atoms with Crippen molar-refractivity contribution in [2.24, 2.45) is 0 Å². The number of benzene rings is 1. The van der Waals surface area contributed by atoms with Gasteiger partial charge in [-0.15, -0.1) is 0 Å². The highest BCUT2D eigenvalue weighted by Gasteiger charge is 2.08. The standard InChI is InChI=1S/C13H14F2N2O3/c14-11(15)8-19-6-5-12-16-13(20-17-12)7-9-1-3-10(18)4-2-9/h1-4,11,18H,5-8H2. The Morgan fingerprint density at radius 3 is 2.70 bits per heavy atom. The van der Waals surface area contributed by atoms with Crippen molar-refractivity contribution in [3.63, 3.8) is 0 Å². The van der Waals surface area contributed by atoms with Gasteiger partial charge in [-0.2, -0.15) is 4.98 Å². The molecule has 1 aromatic carbocycles. The summed E-state index contributed by atoms with van der Waals surface area (Å²) in [6, 6.07) is 6.66. The quantitative estimate of drug-likeness (QED) is 0.789. The Hall–Kier alpha value is -2.02. The smallest absolute Gasteiger partial charge is 0.261 e. The van der Waals surface area contributed by atoms with E-state index < -0.39 is 13.0 Å². The third kappa shape index (κ3) is 4.58. The fourth-order valence-corrected chi connectivity index (χ4v) is 1.59. The molecule has 0 spiro atoms. The van der Waals surface area contributed by atoms with Crippen LogP contribution in [0.1, 0.15) is 17.3 Å². The van der Waals surface area contributed by atoms with Crippen LogP contribution in [0.5, 0.6) is 5.75 Å². The van der Waals surface area contributed by atoms with Crippen molar-refractivity contribution in [1.29, 1.82) is 0 Å². The Kier molecular flexibility index (Phi) is 5.00. The van der Waals surface area contributed by atoms with E-state index in [0.29, 0.717) is 24.6 Å². The summed E-state index contributed by atoms with van der Waals surface area (Å²) < 4.78 is 33.5. The molecule has 0 radical (unpaired) electrons. The number of ether oxygens (including phenoxy) is 1. The fourth-order valence-electron chi connectivity index (χ4n) is 1.59. The maximum absolute atomic E-state index is 11.8. The molecule has 0 aliphatic heterocycles. The van der Waals surface area contributed by atoms with Crippen LogP contribution < -0.4 is 0 Å². The second-order valence-electron chi connectivity index (χ2n) is 4.16. The number of hydrogen-bond acceptors (Lipinski definition) is 5. The molecule has 0 atom stereocenters. The topological polar surface area (TPSA) is 68.4 Å². The largest absolute Gasteiger partial charge is 0.508 e. The van der Waals surface area contributed by atoms with Gasteiger partial charge in [-0.05, 0) is 17.7 Å². The highest BCUT2D eigenvalue weighted by molar-refractivity contribution is 5.27. The van der Waals surface area contributed by atoms with Crippen LogP contribution in [0.25, 0.3) is 0 Å². The predicted molar refractivity (Wildman–Crippen MR) is 65.7 cm³/mol. The molecule has 0 amide bonds. The van der Waals surface area contributed by atoms with E-state index in [0.717, 1.165) is 5.56 Å². The van der Waals surface area contributed by atoms with E-state index in [1.165, 1.54) is 0 Å². The third-order valence-corrected chi connectivity index (χ3v) is 2.52. The Morgan fingerprint density at radius 1 is 1.25 bits per heavy atom. The summed E-state index contributed by atoms with van der Waals surface area (Å²) in [6.45, 7) is -0.458. The van der Waals surface area contributed by atoms with Crippen LogP contribution in [0.3, 0.4) is 0 Å².